The van der Waals surface area contributed by atoms with Gasteiger partial charge in [-0.25, -0.2) is 8.42 Å². The topological polar surface area (TPSA) is 46.2 Å². The average Bonchev–Trinajstić information content (AvgIpc) is 3.48. The van der Waals surface area contributed by atoms with Crippen molar-refractivity contribution in [2.75, 3.05) is 4.72 Å². The van der Waals surface area contributed by atoms with E-state index in [1.165, 1.54) is 0 Å². The van der Waals surface area contributed by atoms with Crippen molar-refractivity contribution in [2.24, 2.45) is 0 Å². The number of thioether (sulfide) groups is 1. The number of rotatable bonds is 10. The maximum Gasteiger partial charge on any atom is 0.261 e. The molecule has 1 heterocycles. The van der Waals surface area contributed by atoms with Gasteiger partial charge in [0.05, 0.1) is 20.6 Å². The number of benzene rings is 6. The lowest BCUT2D eigenvalue weighted by atomic mass is 9.84. The van der Waals surface area contributed by atoms with E-state index < -0.39 is 14.8 Å². The van der Waals surface area contributed by atoms with E-state index in [2.05, 4.69) is 108 Å². The highest BCUT2D eigenvalue weighted by molar-refractivity contribution is 8.01. The Morgan fingerprint density at radius 1 is 0.596 bits per heavy atom. The van der Waals surface area contributed by atoms with Crippen LogP contribution in [-0.4, -0.2) is 8.42 Å². The number of fused-ring (bicyclic) bond motifs is 1. The molecule has 7 rings (SSSR count). The molecule has 3 nitrogen and oxygen atoms in total. The quantitative estimate of drug-likeness (QED) is 0.148. The first-order chi connectivity index (χ1) is 23.0. The van der Waals surface area contributed by atoms with Crippen LogP contribution in [0.5, 0.6) is 0 Å². The van der Waals surface area contributed by atoms with Crippen LogP contribution in [0.2, 0.25) is 0 Å². The summed E-state index contributed by atoms with van der Waals surface area (Å²) < 4.78 is 31.5. The highest BCUT2D eigenvalue weighted by Gasteiger charge is 2.41. The molecule has 1 aromatic heterocycles. The summed E-state index contributed by atoms with van der Waals surface area (Å²) in [6, 6.07) is 57.3. The molecule has 1 atom stereocenters. The number of hydrogen-bond acceptors (Lipinski definition) is 4. The van der Waals surface area contributed by atoms with Gasteiger partial charge in [-0.1, -0.05) is 157 Å². The van der Waals surface area contributed by atoms with Crippen molar-refractivity contribution in [2.45, 2.75) is 21.8 Å². The number of thiophene rings is 1. The Hall–Kier alpha value is -4.62. The second-order valence-electron chi connectivity index (χ2n) is 11.4. The zero-order valence-corrected chi connectivity index (χ0v) is 28.2. The maximum atomic E-state index is 14.0. The molecule has 0 aliphatic rings. The summed E-state index contributed by atoms with van der Waals surface area (Å²) in [7, 11) is -3.88. The summed E-state index contributed by atoms with van der Waals surface area (Å²) in [4.78, 5) is 1.19. The van der Waals surface area contributed by atoms with Gasteiger partial charge in [-0.2, -0.15) is 0 Å². The van der Waals surface area contributed by atoms with Crippen LogP contribution in [0.15, 0.2) is 175 Å². The van der Waals surface area contributed by atoms with Gasteiger partial charge in [-0.05, 0) is 47.4 Å². The Labute approximate surface area is 285 Å². The van der Waals surface area contributed by atoms with Crippen molar-refractivity contribution in [3.63, 3.8) is 0 Å². The van der Waals surface area contributed by atoms with E-state index in [1.54, 1.807) is 23.5 Å². The minimum atomic E-state index is -3.88. The zero-order valence-electron chi connectivity index (χ0n) is 25.8. The van der Waals surface area contributed by atoms with Crippen LogP contribution in [0.3, 0.4) is 0 Å². The van der Waals surface area contributed by atoms with Gasteiger partial charge in [0, 0.05) is 15.0 Å². The molecule has 0 aliphatic heterocycles. The number of hydrogen-bond donors (Lipinski definition) is 1. The summed E-state index contributed by atoms with van der Waals surface area (Å²) in [5.41, 5.74) is 6.15. The van der Waals surface area contributed by atoms with Gasteiger partial charge in [0.2, 0.25) is 0 Å². The predicted octanol–water partition coefficient (Wildman–Crippen LogP) is 10.8. The van der Waals surface area contributed by atoms with Crippen molar-refractivity contribution < 1.29 is 8.42 Å². The molecule has 0 spiro atoms. The largest absolute Gasteiger partial charge is 0.278 e. The SMILES string of the molecule is Cc1ccc(S(=O)(=O)Nc2c([C@H](SC(c3ccccc3)(c3ccccc3)c3ccccc3)c3ccccc3)sc3ccccc23)cc1. The molecule has 0 radical (unpaired) electrons. The normalized spacial score (nSPS) is 12.5. The third-order valence-corrected chi connectivity index (χ3v) is 12.9. The summed E-state index contributed by atoms with van der Waals surface area (Å²) >= 11 is 3.48. The van der Waals surface area contributed by atoms with E-state index >= 15 is 0 Å². The third kappa shape index (κ3) is 6.12. The van der Waals surface area contributed by atoms with Crippen molar-refractivity contribution >= 4 is 48.9 Å². The van der Waals surface area contributed by atoms with E-state index in [1.807, 2.05) is 73.3 Å². The second kappa shape index (κ2) is 13.2. The molecular weight excluding hydrogens is 635 g/mol. The minimum Gasteiger partial charge on any atom is -0.278 e. The summed E-state index contributed by atoms with van der Waals surface area (Å²) in [6.45, 7) is 1.95. The second-order valence-corrected chi connectivity index (χ2v) is 15.5. The lowest BCUT2D eigenvalue weighted by molar-refractivity contribution is 0.601. The number of aryl methyl sites for hydroxylation is 1. The highest BCUT2D eigenvalue weighted by Crippen LogP contribution is 2.58. The van der Waals surface area contributed by atoms with Crippen LogP contribution >= 0.6 is 23.1 Å². The molecule has 0 saturated carbocycles. The van der Waals surface area contributed by atoms with Gasteiger partial charge in [-0.3, -0.25) is 4.72 Å². The van der Waals surface area contributed by atoms with Crippen LogP contribution in [0, 0.1) is 6.92 Å². The smallest absolute Gasteiger partial charge is 0.261 e. The van der Waals surface area contributed by atoms with Gasteiger partial charge in [0.15, 0.2) is 0 Å². The predicted molar refractivity (Wildman–Crippen MR) is 199 cm³/mol. The summed E-state index contributed by atoms with van der Waals surface area (Å²) in [5.74, 6) is 0. The molecule has 47 heavy (non-hydrogen) atoms. The summed E-state index contributed by atoms with van der Waals surface area (Å²) in [5, 5.41) is 0.638. The van der Waals surface area contributed by atoms with Gasteiger partial charge >= 0.3 is 0 Å². The maximum absolute atomic E-state index is 14.0. The Morgan fingerprint density at radius 3 is 1.60 bits per heavy atom. The first kappa shape index (κ1) is 31.0. The van der Waals surface area contributed by atoms with Gasteiger partial charge < -0.3 is 0 Å². The number of nitrogens with one attached hydrogen (secondary N) is 1. The van der Waals surface area contributed by atoms with Crippen molar-refractivity contribution in [1.82, 2.24) is 0 Å². The van der Waals surface area contributed by atoms with Gasteiger partial charge in [0.1, 0.15) is 0 Å². The number of anilines is 1. The first-order valence-electron chi connectivity index (χ1n) is 15.5. The van der Waals surface area contributed by atoms with Crippen LogP contribution in [0.4, 0.5) is 5.69 Å². The monoisotopic (exact) mass is 667 g/mol. The highest BCUT2D eigenvalue weighted by atomic mass is 32.2. The fourth-order valence-electron chi connectivity index (χ4n) is 6.07. The molecule has 0 saturated heterocycles. The van der Waals surface area contributed by atoms with E-state index in [9.17, 15) is 8.42 Å². The van der Waals surface area contributed by atoms with Crippen molar-refractivity contribution in [3.05, 3.63) is 203 Å². The average molecular weight is 668 g/mol. The van der Waals surface area contributed by atoms with E-state index in [0.29, 0.717) is 5.69 Å². The Kier molecular flexibility index (Phi) is 8.74. The fourth-order valence-corrected chi connectivity index (χ4v) is 10.4. The molecule has 0 aliphatic carbocycles. The Morgan fingerprint density at radius 2 is 1.06 bits per heavy atom. The molecule has 0 bridgehead atoms. The van der Waals surface area contributed by atoms with Crippen LogP contribution in [0.25, 0.3) is 10.1 Å². The number of sulfonamides is 1. The zero-order chi connectivity index (χ0) is 32.3. The first-order valence-corrected chi connectivity index (χ1v) is 18.6. The molecule has 6 heteroatoms. The Bertz CT molecular complexity index is 2100. The molecule has 6 aromatic carbocycles. The standard InChI is InChI=1S/C41H33NO2S3/c1-30-26-28-35(29-27-30)47(43,44)42-38-36-24-14-15-25-37(36)45-40(38)39(31-16-6-2-7-17-31)46-41(32-18-8-3-9-19-32,33-20-10-4-11-21-33)34-22-12-5-13-23-34/h2-29,39,42H,1H3/t39-/m1/s1. The Balaban J connectivity index is 1.49. The molecule has 1 N–H and O–H groups in total. The van der Waals surface area contributed by atoms with E-state index in [4.69, 9.17) is 0 Å². The molecule has 232 valence electrons. The molecule has 0 amide bonds. The molecule has 7 aromatic rings. The lowest BCUT2D eigenvalue weighted by Crippen LogP contribution is -2.27. The third-order valence-electron chi connectivity index (χ3n) is 8.37. The fraction of sp³-hybridized carbons (Fsp3) is 0.0732. The van der Waals surface area contributed by atoms with E-state index in [0.717, 1.165) is 42.8 Å². The van der Waals surface area contributed by atoms with Crippen LogP contribution < -0.4 is 4.72 Å². The van der Waals surface area contributed by atoms with Crippen LogP contribution in [0.1, 0.15) is 37.9 Å². The van der Waals surface area contributed by atoms with Crippen molar-refractivity contribution in [3.8, 4) is 0 Å². The van der Waals surface area contributed by atoms with Crippen molar-refractivity contribution in [1.29, 1.82) is 0 Å². The van der Waals surface area contributed by atoms with Gasteiger partial charge in [-0.15, -0.1) is 23.1 Å². The molecule has 0 fully saturated rings. The molecular formula is C41H33NO2S3. The van der Waals surface area contributed by atoms with Gasteiger partial charge in [0.25, 0.3) is 10.0 Å². The molecule has 0 unspecified atom stereocenters. The lowest BCUT2D eigenvalue weighted by Gasteiger charge is -2.38. The van der Waals surface area contributed by atoms with E-state index in [-0.39, 0.29) is 10.1 Å². The summed E-state index contributed by atoms with van der Waals surface area (Å²) in [6.07, 6.45) is 0. The minimum absolute atomic E-state index is 0.237. The van der Waals surface area contributed by atoms with Crippen LogP contribution in [-0.2, 0) is 14.8 Å².